The fraction of sp³-hybridized carbons (Fsp3) is 0.286. The number of rotatable bonds is 4. The smallest absolute Gasteiger partial charge is 0.475 e. The molecular weight excluding hydrogens is 469 g/mol. The molecule has 14 heteroatoms. The first-order valence-corrected chi connectivity index (χ1v) is 10.2. The van der Waals surface area contributed by atoms with Crippen molar-refractivity contribution in [3.63, 3.8) is 0 Å². The molecule has 0 aliphatic carbocycles. The molecule has 0 spiro atoms. The molecule has 186 valence electrons. The number of benzene rings is 1. The van der Waals surface area contributed by atoms with Crippen LogP contribution < -0.4 is 26.0 Å². The normalized spacial score (nSPS) is 13.6. The highest BCUT2D eigenvalue weighted by Crippen LogP contribution is 2.27. The molecule has 0 bridgehead atoms. The number of methoxy groups -OCH3 is 1. The van der Waals surface area contributed by atoms with E-state index >= 15 is 0 Å². The Bertz CT molecular complexity index is 1150. The quantitative estimate of drug-likeness (QED) is 0.490. The number of aliphatic carboxylic acids is 1. The third-order valence-corrected chi connectivity index (χ3v) is 5.03. The average Bonchev–Trinajstić information content (AvgIpc) is 2.84. The van der Waals surface area contributed by atoms with Gasteiger partial charge in [-0.3, -0.25) is 0 Å². The predicted octanol–water partition coefficient (Wildman–Crippen LogP) is 2.07. The maximum absolute atomic E-state index is 10.6. The zero-order chi connectivity index (χ0) is 25.6. The molecule has 3 aromatic rings. The van der Waals surface area contributed by atoms with E-state index in [0.29, 0.717) is 11.8 Å². The molecule has 2 aromatic heterocycles. The monoisotopic (exact) mass is 492 g/mol. The molecule has 1 saturated heterocycles. The van der Waals surface area contributed by atoms with Crippen molar-refractivity contribution in [3.8, 4) is 17.1 Å². The number of carboxylic acid groups (broad SMARTS) is 1. The van der Waals surface area contributed by atoms with Gasteiger partial charge < -0.3 is 31.1 Å². The van der Waals surface area contributed by atoms with Gasteiger partial charge in [-0.1, -0.05) is 12.1 Å². The van der Waals surface area contributed by atoms with Crippen LogP contribution in [0.25, 0.3) is 11.1 Å². The Labute approximate surface area is 198 Å². The van der Waals surface area contributed by atoms with Crippen molar-refractivity contribution >= 4 is 29.1 Å². The minimum atomic E-state index is -5.08. The van der Waals surface area contributed by atoms with E-state index in [1.54, 1.807) is 25.7 Å². The summed E-state index contributed by atoms with van der Waals surface area (Å²) in [5.74, 6) is -2.14. The molecule has 0 amide bonds. The van der Waals surface area contributed by atoms with Crippen molar-refractivity contribution in [1.29, 1.82) is 0 Å². The number of alkyl halides is 3. The van der Waals surface area contributed by atoms with Crippen molar-refractivity contribution in [3.05, 3.63) is 42.9 Å². The number of nitrogens with zero attached hydrogens (tertiary/aromatic N) is 6. The third-order valence-electron chi connectivity index (χ3n) is 5.03. The maximum Gasteiger partial charge on any atom is 0.490 e. The second kappa shape index (κ2) is 10.7. The molecule has 4 rings (SSSR count). The largest absolute Gasteiger partial charge is 0.490 e. The Balaban J connectivity index is 0.000000429. The lowest BCUT2D eigenvalue weighted by Gasteiger charge is -2.37. The molecular formula is C21H23F3N8O3. The van der Waals surface area contributed by atoms with E-state index in [9.17, 15) is 13.2 Å². The van der Waals surface area contributed by atoms with E-state index in [4.69, 9.17) is 26.1 Å². The van der Waals surface area contributed by atoms with Crippen LogP contribution >= 0.6 is 0 Å². The average molecular weight is 492 g/mol. The summed E-state index contributed by atoms with van der Waals surface area (Å²) in [6, 6.07) is 8.73. The fourth-order valence-corrected chi connectivity index (χ4v) is 3.31. The van der Waals surface area contributed by atoms with Crippen molar-refractivity contribution in [1.82, 2.24) is 19.9 Å². The van der Waals surface area contributed by atoms with Crippen molar-refractivity contribution in [2.75, 3.05) is 54.6 Å². The van der Waals surface area contributed by atoms with Gasteiger partial charge in [-0.25, -0.2) is 19.7 Å². The Morgan fingerprint density at radius 3 is 2.14 bits per heavy atom. The van der Waals surface area contributed by atoms with Crippen LogP contribution in [0.4, 0.5) is 36.3 Å². The Kier molecular flexibility index (Phi) is 7.73. The van der Waals surface area contributed by atoms with E-state index in [1.807, 2.05) is 6.07 Å². The third kappa shape index (κ3) is 6.59. The number of carbonyl (C=O) groups is 1. The molecule has 0 atom stereocenters. The Hall–Kier alpha value is -4.36. The van der Waals surface area contributed by atoms with Crippen LogP contribution in [-0.4, -0.2) is 70.5 Å². The van der Waals surface area contributed by atoms with Gasteiger partial charge >= 0.3 is 18.2 Å². The molecule has 5 N–H and O–H groups in total. The van der Waals surface area contributed by atoms with Crippen molar-refractivity contribution < 1.29 is 27.8 Å². The van der Waals surface area contributed by atoms with Crippen molar-refractivity contribution in [2.24, 2.45) is 0 Å². The number of nitrogen functional groups attached to an aromatic ring is 2. The van der Waals surface area contributed by atoms with Crippen LogP contribution in [0.5, 0.6) is 6.01 Å². The minimum Gasteiger partial charge on any atom is -0.475 e. The molecule has 0 radical (unpaired) electrons. The minimum absolute atomic E-state index is 0.194. The summed E-state index contributed by atoms with van der Waals surface area (Å²) in [7, 11) is 1.55. The van der Waals surface area contributed by atoms with Gasteiger partial charge in [0, 0.05) is 49.8 Å². The van der Waals surface area contributed by atoms with Gasteiger partial charge in [0.2, 0.25) is 5.95 Å². The molecule has 1 aliphatic heterocycles. The second-order valence-corrected chi connectivity index (χ2v) is 7.28. The molecule has 3 heterocycles. The van der Waals surface area contributed by atoms with Crippen LogP contribution in [-0.2, 0) is 4.79 Å². The van der Waals surface area contributed by atoms with Gasteiger partial charge in [0.15, 0.2) is 5.82 Å². The van der Waals surface area contributed by atoms with E-state index in [1.165, 1.54) is 0 Å². The molecule has 1 aliphatic rings. The lowest BCUT2D eigenvalue weighted by Crippen LogP contribution is -2.46. The number of hydrogen-bond donors (Lipinski definition) is 3. The SMILES string of the molecule is COc1ncc(-c2cccc(N3CCN(c4cnc(N)nc4N)CC3)c2)cn1.O=C(O)C(F)(F)F. The van der Waals surface area contributed by atoms with Gasteiger partial charge in [0.25, 0.3) is 0 Å². The summed E-state index contributed by atoms with van der Waals surface area (Å²) in [6.07, 6.45) is 0.150. The number of halogens is 3. The lowest BCUT2D eigenvalue weighted by molar-refractivity contribution is -0.192. The fourth-order valence-electron chi connectivity index (χ4n) is 3.31. The first-order chi connectivity index (χ1) is 16.6. The number of aromatic nitrogens is 4. The summed E-state index contributed by atoms with van der Waals surface area (Å²) in [5.41, 5.74) is 15.6. The molecule has 1 aromatic carbocycles. The van der Waals surface area contributed by atoms with Crippen LogP contribution in [0.1, 0.15) is 0 Å². The summed E-state index contributed by atoms with van der Waals surface area (Å²) in [6.45, 7) is 3.39. The van der Waals surface area contributed by atoms with Gasteiger partial charge in [-0.2, -0.15) is 18.2 Å². The topological polar surface area (TPSA) is 157 Å². The van der Waals surface area contributed by atoms with E-state index in [2.05, 4.69) is 47.9 Å². The van der Waals surface area contributed by atoms with E-state index in [0.717, 1.165) is 48.7 Å². The number of ether oxygens (including phenoxy) is 1. The molecule has 0 saturated carbocycles. The number of nitrogens with two attached hydrogens (primary N) is 2. The number of piperazine rings is 1. The highest BCUT2D eigenvalue weighted by molar-refractivity contribution is 5.73. The zero-order valence-corrected chi connectivity index (χ0v) is 18.6. The molecule has 11 nitrogen and oxygen atoms in total. The highest BCUT2D eigenvalue weighted by Gasteiger charge is 2.38. The number of hydrogen-bond acceptors (Lipinski definition) is 10. The van der Waals surface area contributed by atoms with Crippen molar-refractivity contribution in [2.45, 2.75) is 6.18 Å². The predicted molar refractivity (Wildman–Crippen MR) is 123 cm³/mol. The summed E-state index contributed by atoms with van der Waals surface area (Å²) in [5, 5.41) is 7.12. The van der Waals surface area contributed by atoms with Crippen LogP contribution in [0.15, 0.2) is 42.9 Å². The maximum atomic E-state index is 10.6. The molecule has 35 heavy (non-hydrogen) atoms. The Morgan fingerprint density at radius 1 is 1.00 bits per heavy atom. The second-order valence-electron chi connectivity index (χ2n) is 7.28. The van der Waals surface area contributed by atoms with Crippen LogP contribution in [0.3, 0.4) is 0 Å². The summed E-state index contributed by atoms with van der Waals surface area (Å²) < 4.78 is 36.8. The van der Waals surface area contributed by atoms with E-state index in [-0.39, 0.29) is 5.95 Å². The van der Waals surface area contributed by atoms with Gasteiger partial charge in [-0.05, 0) is 17.7 Å². The number of carboxylic acids is 1. The van der Waals surface area contributed by atoms with Gasteiger partial charge in [0.1, 0.15) is 0 Å². The first kappa shape index (κ1) is 25.3. The first-order valence-electron chi connectivity index (χ1n) is 10.2. The summed E-state index contributed by atoms with van der Waals surface area (Å²) in [4.78, 5) is 29.9. The highest BCUT2D eigenvalue weighted by atomic mass is 19.4. The zero-order valence-electron chi connectivity index (χ0n) is 18.6. The van der Waals surface area contributed by atoms with Gasteiger partial charge in [-0.15, -0.1) is 0 Å². The lowest BCUT2D eigenvalue weighted by atomic mass is 10.1. The molecule has 1 fully saturated rings. The number of anilines is 4. The Morgan fingerprint density at radius 2 is 1.60 bits per heavy atom. The summed E-state index contributed by atoms with van der Waals surface area (Å²) >= 11 is 0. The standard InChI is InChI=1S/C19H22N8O.C2HF3O2/c1-28-19-23-10-14(11-24-19)13-3-2-4-15(9-13)26-5-7-27(8-6-26)16-12-22-18(21)25-17(16)20;3-2(4,5)1(6)7/h2-4,9-12H,5-8H2,1H3,(H4,20,21,22,25);(H,6,7). The molecule has 0 unspecified atom stereocenters. The van der Waals surface area contributed by atoms with Crippen LogP contribution in [0, 0.1) is 0 Å². The van der Waals surface area contributed by atoms with Gasteiger partial charge in [0.05, 0.1) is 19.0 Å². The van der Waals surface area contributed by atoms with E-state index < -0.39 is 12.1 Å². The van der Waals surface area contributed by atoms with Crippen LogP contribution in [0.2, 0.25) is 0 Å².